The first-order valence-electron chi connectivity index (χ1n) is 2.93. The number of nitrogens with one attached hydrogen (secondary N) is 1. The fourth-order valence-electron chi connectivity index (χ4n) is 0.573. The van der Waals surface area contributed by atoms with E-state index in [9.17, 15) is 0 Å². The van der Waals surface area contributed by atoms with Crippen LogP contribution in [0.5, 0.6) is 0 Å². The van der Waals surface area contributed by atoms with E-state index in [4.69, 9.17) is 0 Å². The molecule has 0 saturated carbocycles. The number of nitrogens with zero attached hydrogens (tertiary/aromatic N) is 1. The third-order valence-electron chi connectivity index (χ3n) is 1.36. The zero-order chi connectivity index (χ0) is 6.69. The van der Waals surface area contributed by atoms with E-state index in [1.165, 1.54) is 11.1 Å². The van der Waals surface area contributed by atoms with Crippen LogP contribution in [0.25, 0.3) is 0 Å². The van der Waals surface area contributed by atoms with E-state index in [0.29, 0.717) is 0 Å². The van der Waals surface area contributed by atoms with Gasteiger partial charge in [0.15, 0.2) is 0 Å². The lowest BCUT2D eigenvalue weighted by molar-refractivity contribution is 0.978. The standard InChI is InChI=1S/C7H10N2/c1-6-3-4-8-9-5-7(6)2/h3-5,8H,1-2H3. The molecule has 0 unspecified atom stereocenters. The monoisotopic (exact) mass is 122 g/mol. The van der Waals surface area contributed by atoms with Crippen LogP contribution in [0.15, 0.2) is 28.5 Å². The van der Waals surface area contributed by atoms with Gasteiger partial charge in [0.1, 0.15) is 0 Å². The average Bonchev–Trinajstić information content (AvgIpc) is 1.99. The normalized spacial score (nSPS) is 17.6. The zero-order valence-electron chi connectivity index (χ0n) is 5.68. The second kappa shape index (κ2) is 2.49. The van der Waals surface area contributed by atoms with Crippen LogP contribution in [0.1, 0.15) is 13.8 Å². The lowest BCUT2D eigenvalue weighted by atomic mass is 10.2. The van der Waals surface area contributed by atoms with Crippen LogP contribution in [0.4, 0.5) is 0 Å². The Morgan fingerprint density at radius 3 is 2.89 bits per heavy atom. The van der Waals surface area contributed by atoms with E-state index in [-0.39, 0.29) is 0 Å². The van der Waals surface area contributed by atoms with Crippen molar-refractivity contribution < 1.29 is 0 Å². The maximum absolute atomic E-state index is 3.88. The molecule has 9 heavy (non-hydrogen) atoms. The minimum absolute atomic E-state index is 1.20. The zero-order valence-corrected chi connectivity index (χ0v) is 5.68. The van der Waals surface area contributed by atoms with Gasteiger partial charge in [-0.1, -0.05) is 0 Å². The molecule has 1 N–H and O–H groups in total. The SMILES string of the molecule is CC1=C(C)C=NNC=C1. The Morgan fingerprint density at radius 1 is 1.33 bits per heavy atom. The molecule has 1 heterocycles. The predicted molar refractivity (Wildman–Crippen MR) is 39.1 cm³/mol. The smallest absolute Gasteiger partial charge is 0.0503 e. The molecule has 0 fully saturated rings. The van der Waals surface area contributed by atoms with Crippen molar-refractivity contribution in [1.82, 2.24) is 5.43 Å². The van der Waals surface area contributed by atoms with Gasteiger partial charge in [-0.2, -0.15) is 5.10 Å². The molecule has 2 nitrogen and oxygen atoms in total. The summed E-state index contributed by atoms with van der Waals surface area (Å²) < 4.78 is 0. The summed E-state index contributed by atoms with van der Waals surface area (Å²) in [5.74, 6) is 0. The Labute approximate surface area is 55.0 Å². The van der Waals surface area contributed by atoms with Crippen molar-refractivity contribution in [2.45, 2.75) is 13.8 Å². The van der Waals surface area contributed by atoms with Crippen LogP contribution in [-0.2, 0) is 0 Å². The van der Waals surface area contributed by atoms with Gasteiger partial charge in [0.25, 0.3) is 0 Å². The van der Waals surface area contributed by atoms with Gasteiger partial charge in [-0.05, 0) is 31.1 Å². The summed E-state index contributed by atoms with van der Waals surface area (Å²) in [5.41, 5.74) is 5.21. The van der Waals surface area contributed by atoms with E-state index in [1.54, 1.807) is 0 Å². The molecule has 0 aliphatic carbocycles. The second-order valence-electron chi connectivity index (χ2n) is 2.09. The van der Waals surface area contributed by atoms with Crippen molar-refractivity contribution in [3.8, 4) is 0 Å². The molecule has 1 aliphatic heterocycles. The highest BCUT2D eigenvalue weighted by atomic mass is 15.3. The van der Waals surface area contributed by atoms with E-state index < -0.39 is 0 Å². The first-order valence-corrected chi connectivity index (χ1v) is 2.93. The van der Waals surface area contributed by atoms with Crippen LogP contribution < -0.4 is 5.43 Å². The maximum Gasteiger partial charge on any atom is 0.0503 e. The molecule has 0 aromatic rings. The minimum Gasteiger partial charge on any atom is -0.286 e. The Hall–Kier alpha value is -1.05. The summed E-state index contributed by atoms with van der Waals surface area (Å²) in [4.78, 5) is 0. The summed E-state index contributed by atoms with van der Waals surface area (Å²) in [7, 11) is 0. The minimum atomic E-state index is 1.20. The first kappa shape index (κ1) is 6.08. The molecule has 48 valence electrons. The van der Waals surface area contributed by atoms with Crippen molar-refractivity contribution in [2.24, 2.45) is 5.10 Å². The van der Waals surface area contributed by atoms with Gasteiger partial charge in [-0.25, -0.2) is 0 Å². The highest BCUT2D eigenvalue weighted by Gasteiger charge is 1.90. The third kappa shape index (κ3) is 1.42. The quantitative estimate of drug-likeness (QED) is 0.516. The molecular formula is C7H10N2. The van der Waals surface area contributed by atoms with Crippen molar-refractivity contribution >= 4 is 6.21 Å². The van der Waals surface area contributed by atoms with Gasteiger partial charge in [0, 0.05) is 6.20 Å². The molecule has 0 radical (unpaired) electrons. The maximum atomic E-state index is 3.88. The molecule has 0 atom stereocenters. The summed E-state index contributed by atoms with van der Waals surface area (Å²) in [6.07, 6.45) is 5.64. The number of rotatable bonds is 0. The number of hydrogen-bond acceptors (Lipinski definition) is 2. The fourth-order valence-corrected chi connectivity index (χ4v) is 0.573. The number of hydrazone groups is 1. The molecule has 1 aliphatic rings. The molecule has 2 heteroatoms. The van der Waals surface area contributed by atoms with Crippen molar-refractivity contribution in [2.75, 3.05) is 0 Å². The lowest BCUT2D eigenvalue weighted by Gasteiger charge is -1.90. The van der Waals surface area contributed by atoms with Crippen molar-refractivity contribution in [3.05, 3.63) is 23.4 Å². The van der Waals surface area contributed by atoms with Gasteiger partial charge in [0.05, 0.1) is 6.21 Å². The lowest BCUT2D eigenvalue weighted by Crippen LogP contribution is -1.90. The third-order valence-corrected chi connectivity index (χ3v) is 1.36. The molecular weight excluding hydrogens is 112 g/mol. The van der Waals surface area contributed by atoms with Crippen LogP contribution in [-0.4, -0.2) is 6.21 Å². The van der Waals surface area contributed by atoms with E-state index >= 15 is 0 Å². The van der Waals surface area contributed by atoms with E-state index in [0.717, 1.165) is 0 Å². The van der Waals surface area contributed by atoms with Crippen molar-refractivity contribution in [1.29, 1.82) is 0 Å². The van der Waals surface area contributed by atoms with Crippen molar-refractivity contribution in [3.63, 3.8) is 0 Å². The summed E-state index contributed by atoms with van der Waals surface area (Å²) in [6.45, 7) is 4.10. The highest BCUT2D eigenvalue weighted by molar-refractivity contribution is 5.79. The molecule has 0 saturated heterocycles. The van der Waals surface area contributed by atoms with Gasteiger partial charge < -0.3 is 0 Å². The van der Waals surface area contributed by atoms with E-state index in [1.807, 2.05) is 25.4 Å². The summed E-state index contributed by atoms with van der Waals surface area (Å²) >= 11 is 0. The van der Waals surface area contributed by atoms with Gasteiger partial charge in [-0.3, -0.25) is 5.43 Å². The summed E-state index contributed by atoms with van der Waals surface area (Å²) in [5, 5.41) is 3.88. The predicted octanol–water partition coefficient (Wildman–Crippen LogP) is 1.43. The largest absolute Gasteiger partial charge is 0.286 e. The van der Waals surface area contributed by atoms with E-state index in [2.05, 4.69) is 17.5 Å². The molecule has 0 aromatic carbocycles. The highest BCUT2D eigenvalue weighted by Crippen LogP contribution is 2.02. The topological polar surface area (TPSA) is 24.4 Å². The Balaban J connectivity index is 2.90. The van der Waals surface area contributed by atoms with Gasteiger partial charge >= 0.3 is 0 Å². The second-order valence-corrected chi connectivity index (χ2v) is 2.09. The number of hydrogen-bond donors (Lipinski definition) is 1. The van der Waals surface area contributed by atoms with Crippen LogP contribution >= 0.6 is 0 Å². The molecule has 0 aromatic heterocycles. The Bertz CT molecular complexity index is 167. The van der Waals surface area contributed by atoms with Crippen LogP contribution in [0.2, 0.25) is 0 Å². The molecule has 0 amide bonds. The number of allylic oxidation sites excluding steroid dienone is 3. The first-order chi connectivity index (χ1) is 4.30. The summed E-state index contributed by atoms with van der Waals surface area (Å²) in [6, 6.07) is 0. The molecule has 0 bridgehead atoms. The molecule has 1 rings (SSSR count). The molecule has 0 spiro atoms. The van der Waals surface area contributed by atoms with Gasteiger partial charge in [-0.15, -0.1) is 0 Å². The van der Waals surface area contributed by atoms with Crippen LogP contribution in [0.3, 0.4) is 0 Å². The average molecular weight is 122 g/mol. The Kier molecular flexibility index (Phi) is 1.68. The Morgan fingerprint density at radius 2 is 2.11 bits per heavy atom. The van der Waals surface area contributed by atoms with Crippen LogP contribution in [0, 0.1) is 0 Å². The fraction of sp³-hybridized carbons (Fsp3) is 0.286. The van der Waals surface area contributed by atoms with Gasteiger partial charge in [0.2, 0.25) is 0 Å².